The molecule has 0 aliphatic rings. The minimum absolute atomic E-state index is 0.0906. The standard InChI is InChI=1S/C18H20ClN3O2S/c1-3-10-22(11-15-8-9-16(19)25-15)12-17(23)21-14-6-4-13(5-7-14)18(24)20-2/h3-9H,1,10-12H2,2H3,(H,20,24)(H,21,23)/p+1. The highest BCUT2D eigenvalue weighted by molar-refractivity contribution is 7.16. The summed E-state index contributed by atoms with van der Waals surface area (Å²) in [5.41, 5.74) is 1.21. The highest BCUT2D eigenvalue weighted by Crippen LogP contribution is 2.20. The van der Waals surface area contributed by atoms with Crippen molar-refractivity contribution in [2.24, 2.45) is 0 Å². The van der Waals surface area contributed by atoms with Crippen molar-refractivity contribution in [3.8, 4) is 0 Å². The number of thiophene rings is 1. The summed E-state index contributed by atoms with van der Waals surface area (Å²) in [6.45, 7) is 5.47. The van der Waals surface area contributed by atoms with E-state index in [1.54, 1.807) is 37.4 Å². The van der Waals surface area contributed by atoms with E-state index in [9.17, 15) is 9.59 Å². The zero-order valence-electron chi connectivity index (χ0n) is 14.0. The van der Waals surface area contributed by atoms with Crippen molar-refractivity contribution in [2.75, 3.05) is 25.5 Å². The lowest BCUT2D eigenvalue weighted by molar-refractivity contribution is -0.899. The van der Waals surface area contributed by atoms with Gasteiger partial charge in [0.25, 0.3) is 11.8 Å². The van der Waals surface area contributed by atoms with Crippen molar-refractivity contribution in [3.63, 3.8) is 0 Å². The fourth-order valence-electron chi connectivity index (χ4n) is 2.39. The average Bonchev–Trinajstić information content (AvgIpc) is 2.99. The molecule has 0 bridgehead atoms. The lowest BCUT2D eigenvalue weighted by Gasteiger charge is -2.16. The molecule has 132 valence electrons. The van der Waals surface area contributed by atoms with Gasteiger partial charge in [0.05, 0.1) is 15.8 Å². The van der Waals surface area contributed by atoms with Crippen molar-refractivity contribution < 1.29 is 14.5 Å². The monoisotopic (exact) mass is 378 g/mol. The topological polar surface area (TPSA) is 62.6 Å². The van der Waals surface area contributed by atoms with Crippen molar-refractivity contribution >= 4 is 40.4 Å². The normalized spacial score (nSPS) is 11.6. The molecule has 25 heavy (non-hydrogen) atoms. The molecule has 2 amide bonds. The lowest BCUT2D eigenvalue weighted by atomic mass is 10.2. The van der Waals surface area contributed by atoms with Crippen LogP contribution in [0.1, 0.15) is 15.2 Å². The second kappa shape index (κ2) is 9.36. The summed E-state index contributed by atoms with van der Waals surface area (Å²) in [6, 6.07) is 10.6. The van der Waals surface area contributed by atoms with Crippen molar-refractivity contribution in [2.45, 2.75) is 6.54 Å². The maximum Gasteiger partial charge on any atom is 0.279 e. The number of amides is 2. The summed E-state index contributed by atoms with van der Waals surface area (Å²) < 4.78 is 0.744. The number of hydrogen-bond donors (Lipinski definition) is 3. The second-order valence-electron chi connectivity index (χ2n) is 5.51. The van der Waals surface area contributed by atoms with Crippen molar-refractivity contribution in [3.05, 3.63) is 63.8 Å². The van der Waals surface area contributed by atoms with Crippen LogP contribution in [0.3, 0.4) is 0 Å². The fraction of sp³-hybridized carbons (Fsp3) is 0.222. The van der Waals surface area contributed by atoms with E-state index in [-0.39, 0.29) is 11.8 Å². The quantitative estimate of drug-likeness (QED) is 0.615. The van der Waals surface area contributed by atoms with Gasteiger partial charge in [0.2, 0.25) is 0 Å². The molecule has 0 aliphatic carbocycles. The SMILES string of the molecule is C=CC[NH+](CC(=O)Nc1ccc(C(=O)NC)cc1)Cc1ccc(Cl)s1. The third-order valence-electron chi connectivity index (χ3n) is 3.55. The van der Waals surface area contributed by atoms with Gasteiger partial charge in [0.1, 0.15) is 6.54 Å². The van der Waals surface area contributed by atoms with Crippen LogP contribution >= 0.6 is 22.9 Å². The van der Waals surface area contributed by atoms with Gasteiger partial charge in [-0.2, -0.15) is 0 Å². The molecule has 1 atom stereocenters. The predicted molar refractivity (Wildman–Crippen MR) is 102 cm³/mol. The van der Waals surface area contributed by atoms with Gasteiger partial charge < -0.3 is 15.5 Å². The summed E-state index contributed by atoms with van der Waals surface area (Å²) in [5.74, 6) is -0.249. The summed E-state index contributed by atoms with van der Waals surface area (Å²) in [7, 11) is 1.58. The van der Waals surface area contributed by atoms with E-state index in [0.717, 1.165) is 14.1 Å². The van der Waals surface area contributed by atoms with Crippen molar-refractivity contribution in [1.29, 1.82) is 0 Å². The lowest BCUT2D eigenvalue weighted by Crippen LogP contribution is -3.11. The van der Waals surface area contributed by atoms with E-state index in [4.69, 9.17) is 11.6 Å². The first-order valence-corrected chi connectivity index (χ1v) is 9.02. The van der Waals surface area contributed by atoms with Crippen LogP contribution in [0.5, 0.6) is 0 Å². The largest absolute Gasteiger partial charge is 0.355 e. The number of carbonyl (C=O) groups excluding carboxylic acids is 2. The van der Waals surface area contributed by atoms with Crippen LogP contribution in [0, 0.1) is 0 Å². The molecule has 2 aromatic rings. The number of carbonyl (C=O) groups is 2. The van der Waals surface area contributed by atoms with Gasteiger partial charge in [-0.25, -0.2) is 0 Å². The van der Waals surface area contributed by atoms with Crippen LogP contribution in [-0.2, 0) is 11.3 Å². The highest BCUT2D eigenvalue weighted by atomic mass is 35.5. The number of hydrogen-bond acceptors (Lipinski definition) is 3. The molecule has 2 rings (SSSR count). The van der Waals surface area contributed by atoms with Crippen LogP contribution in [-0.4, -0.2) is 32.0 Å². The minimum Gasteiger partial charge on any atom is -0.355 e. The molecular formula is C18H21ClN3O2S+. The Kier molecular flexibility index (Phi) is 7.18. The molecule has 0 fully saturated rings. The first kappa shape index (κ1) is 19.2. The smallest absolute Gasteiger partial charge is 0.279 e. The van der Waals surface area contributed by atoms with Crippen LogP contribution in [0.15, 0.2) is 49.1 Å². The van der Waals surface area contributed by atoms with E-state index >= 15 is 0 Å². The molecule has 5 nitrogen and oxygen atoms in total. The fourth-order valence-corrected chi connectivity index (χ4v) is 3.54. The Labute approximate surface area is 156 Å². The van der Waals surface area contributed by atoms with E-state index in [1.165, 1.54) is 11.3 Å². The first-order valence-electron chi connectivity index (χ1n) is 7.82. The van der Waals surface area contributed by atoms with Crippen LogP contribution in [0.2, 0.25) is 4.34 Å². The molecule has 1 aromatic carbocycles. The Morgan fingerprint density at radius 3 is 2.52 bits per heavy atom. The van der Waals surface area contributed by atoms with Crippen LogP contribution in [0.4, 0.5) is 5.69 Å². The Bertz CT molecular complexity index is 743. The molecule has 1 unspecified atom stereocenters. The number of benzene rings is 1. The van der Waals surface area contributed by atoms with Gasteiger partial charge in [-0.15, -0.1) is 11.3 Å². The molecule has 0 saturated carbocycles. The number of halogens is 1. The van der Waals surface area contributed by atoms with Gasteiger partial charge in [-0.05, 0) is 42.5 Å². The number of rotatable bonds is 8. The second-order valence-corrected chi connectivity index (χ2v) is 7.31. The van der Waals surface area contributed by atoms with Gasteiger partial charge in [-0.3, -0.25) is 9.59 Å². The van der Waals surface area contributed by atoms with Crippen LogP contribution < -0.4 is 15.5 Å². The molecule has 0 radical (unpaired) electrons. The Morgan fingerprint density at radius 1 is 1.24 bits per heavy atom. The molecular weight excluding hydrogens is 358 g/mol. The highest BCUT2D eigenvalue weighted by Gasteiger charge is 2.15. The maximum absolute atomic E-state index is 12.3. The van der Waals surface area contributed by atoms with E-state index < -0.39 is 0 Å². The molecule has 0 spiro atoms. The summed E-state index contributed by atoms with van der Waals surface area (Å²) >= 11 is 7.48. The van der Waals surface area contributed by atoms with Gasteiger partial charge in [-0.1, -0.05) is 18.2 Å². The molecule has 0 saturated heterocycles. The van der Waals surface area contributed by atoms with Crippen LogP contribution in [0.25, 0.3) is 0 Å². The molecule has 1 heterocycles. The van der Waals surface area contributed by atoms with E-state index in [2.05, 4.69) is 17.2 Å². The number of nitrogens with one attached hydrogen (secondary N) is 3. The predicted octanol–water partition coefficient (Wildman–Crippen LogP) is 1.97. The summed E-state index contributed by atoms with van der Waals surface area (Å²) in [4.78, 5) is 26.0. The first-order chi connectivity index (χ1) is 12.0. The molecule has 7 heteroatoms. The number of quaternary nitrogens is 1. The van der Waals surface area contributed by atoms with Gasteiger partial charge in [0.15, 0.2) is 6.54 Å². The number of anilines is 1. The van der Waals surface area contributed by atoms with Gasteiger partial charge in [0, 0.05) is 18.3 Å². The third kappa shape index (κ3) is 6.01. The zero-order chi connectivity index (χ0) is 18.2. The van der Waals surface area contributed by atoms with E-state index in [0.29, 0.717) is 30.9 Å². The van der Waals surface area contributed by atoms with E-state index in [1.807, 2.05) is 12.1 Å². The minimum atomic E-state index is -0.158. The van der Waals surface area contributed by atoms with Crippen molar-refractivity contribution in [1.82, 2.24) is 5.32 Å². The molecule has 3 N–H and O–H groups in total. The zero-order valence-corrected chi connectivity index (χ0v) is 15.5. The Balaban J connectivity index is 1.93. The molecule has 0 aliphatic heterocycles. The summed E-state index contributed by atoms with van der Waals surface area (Å²) in [5, 5.41) is 5.42. The third-order valence-corrected chi connectivity index (χ3v) is 4.79. The average molecular weight is 379 g/mol. The molecule has 1 aromatic heterocycles. The Morgan fingerprint density at radius 2 is 1.96 bits per heavy atom. The Hall–Kier alpha value is -2.15. The maximum atomic E-state index is 12.3. The summed E-state index contributed by atoms with van der Waals surface area (Å²) in [6.07, 6.45) is 1.80. The van der Waals surface area contributed by atoms with Gasteiger partial charge >= 0.3 is 0 Å².